The quantitative estimate of drug-likeness (QED) is 0.663. The summed E-state index contributed by atoms with van der Waals surface area (Å²) in [7, 11) is 1.66. The molecule has 1 aliphatic carbocycles. The van der Waals surface area contributed by atoms with Crippen LogP contribution in [0.2, 0.25) is 0 Å². The van der Waals surface area contributed by atoms with Gasteiger partial charge in [0.05, 0.1) is 24.8 Å². The molecule has 1 saturated heterocycles. The van der Waals surface area contributed by atoms with Crippen molar-refractivity contribution in [2.24, 2.45) is 0 Å². The molecule has 2 N–H and O–H groups in total. The van der Waals surface area contributed by atoms with E-state index >= 15 is 0 Å². The van der Waals surface area contributed by atoms with Crippen molar-refractivity contribution in [1.29, 1.82) is 0 Å². The number of methoxy groups -OCH3 is 1. The molecular formula is C21H33FN6O+2. The normalized spacial score (nSPS) is 24.5. The van der Waals surface area contributed by atoms with Crippen LogP contribution in [0.5, 0.6) is 0 Å². The van der Waals surface area contributed by atoms with Crippen molar-refractivity contribution < 1.29 is 18.9 Å². The van der Waals surface area contributed by atoms with Crippen LogP contribution in [0.15, 0.2) is 24.3 Å². The first-order valence-electron chi connectivity index (χ1n) is 11.0. The fourth-order valence-corrected chi connectivity index (χ4v) is 5.11. The molecule has 2 fully saturated rings. The van der Waals surface area contributed by atoms with Gasteiger partial charge in [0.2, 0.25) is 5.82 Å². The highest BCUT2D eigenvalue weighted by Crippen LogP contribution is 2.20. The fraction of sp³-hybridized carbons (Fsp3) is 0.667. The average Bonchev–Trinajstić information content (AvgIpc) is 3.23. The molecule has 2 aromatic rings. The molecule has 0 bridgehead atoms. The van der Waals surface area contributed by atoms with Crippen LogP contribution in [0.4, 0.5) is 4.39 Å². The number of aromatic nitrogens is 4. The lowest BCUT2D eigenvalue weighted by Crippen LogP contribution is -3.29. The summed E-state index contributed by atoms with van der Waals surface area (Å²) in [6.45, 7) is 5.35. The number of ether oxygens (including phenoxy) is 1. The maximum Gasteiger partial charge on any atom is 0.214 e. The Morgan fingerprint density at radius 1 is 1.14 bits per heavy atom. The maximum atomic E-state index is 14.8. The van der Waals surface area contributed by atoms with Crippen LogP contribution in [0, 0.1) is 5.82 Å². The van der Waals surface area contributed by atoms with Crippen LogP contribution in [0.1, 0.15) is 49.5 Å². The minimum absolute atomic E-state index is 0.187. The van der Waals surface area contributed by atoms with Gasteiger partial charge in [-0.3, -0.25) is 0 Å². The van der Waals surface area contributed by atoms with Gasteiger partial charge in [0.15, 0.2) is 6.04 Å². The van der Waals surface area contributed by atoms with Crippen LogP contribution in [-0.4, -0.2) is 66.1 Å². The third-order valence-corrected chi connectivity index (χ3v) is 6.67. The number of hydrogen-bond acceptors (Lipinski definition) is 4. The highest BCUT2D eigenvalue weighted by molar-refractivity contribution is 5.24. The van der Waals surface area contributed by atoms with Crippen LogP contribution in [0.25, 0.3) is 0 Å². The van der Waals surface area contributed by atoms with Crippen LogP contribution in [-0.2, 0) is 11.3 Å². The Bertz CT molecular complexity index is 770. The zero-order chi connectivity index (χ0) is 20.1. The van der Waals surface area contributed by atoms with Gasteiger partial charge in [-0.05, 0) is 48.2 Å². The van der Waals surface area contributed by atoms with Gasteiger partial charge in [-0.1, -0.05) is 18.6 Å². The molecule has 4 rings (SSSR count). The van der Waals surface area contributed by atoms with Gasteiger partial charge in [-0.25, -0.2) is 9.07 Å². The molecule has 0 amide bonds. The highest BCUT2D eigenvalue weighted by Gasteiger charge is 2.38. The number of tetrazole rings is 1. The van der Waals surface area contributed by atoms with Crippen molar-refractivity contribution in [3.63, 3.8) is 0 Å². The van der Waals surface area contributed by atoms with Crippen molar-refractivity contribution in [2.75, 3.05) is 39.9 Å². The van der Waals surface area contributed by atoms with Crippen LogP contribution >= 0.6 is 0 Å². The molecule has 2 heterocycles. The second kappa shape index (κ2) is 9.73. The predicted molar refractivity (Wildman–Crippen MR) is 106 cm³/mol. The first-order valence-corrected chi connectivity index (χ1v) is 11.0. The lowest BCUT2D eigenvalue weighted by atomic mass is 9.93. The van der Waals surface area contributed by atoms with E-state index < -0.39 is 0 Å². The molecule has 1 aromatic carbocycles. The Morgan fingerprint density at radius 3 is 2.62 bits per heavy atom. The third-order valence-electron chi connectivity index (χ3n) is 6.67. The van der Waals surface area contributed by atoms with E-state index in [4.69, 9.17) is 4.74 Å². The van der Waals surface area contributed by atoms with E-state index in [9.17, 15) is 4.39 Å². The minimum Gasteiger partial charge on any atom is -0.383 e. The van der Waals surface area contributed by atoms with Gasteiger partial charge >= 0.3 is 0 Å². The summed E-state index contributed by atoms with van der Waals surface area (Å²) in [5.74, 6) is 0.539. The molecule has 8 heteroatoms. The second-order valence-corrected chi connectivity index (χ2v) is 8.36. The highest BCUT2D eigenvalue weighted by atomic mass is 19.1. The summed E-state index contributed by atoms with van der Waals surface area (Å²) < 4.78 is 21.8. The van der Waals surface area contributed by atoms with Gasteiger partial charge in [-0.15, -0.1) is 5.10 Å². The molecule has 1 aliphatic heterocycles. The SMILES string of the molecule is COCCn1nnnc1[C@@H](c1ccccc1F)[NH+]1CC[NH+](C2CCCCC2)CC1. The van der Waals surface area contributed by atoms with Gasteiger partial charge < -0.3 is 14.5 Å². The van der Waals surface area contributed by atoms with E-state index in [-0.39, 0.29) is 11.9 Å². The van der Waals surface area contributed by atoms with Crippen molar-refractivity contribution in [3.8, 4) is 0 Å². The summed E-state index contributed by atoms with van der Waals surface area (Å²) in [4.78, 5) is 3.09. The topological polar surface area (TPSA) is 61.7 Å². The monoisotopic (exact) mass is 404 g/mol. The number of nitrogens with zero attached hydrogens (tertiary/aromatic N) is 4. The molecule has 0 radical (unpaired) electrons. The Balaban J connectivity index is 1.55. The first-order chi connectivity index (χ1) is 14.3. The number of quaternary nitrogens is 2. The molecule has 0 spiro atoms. The van der Waals surface area contributed by atoms with Gasteiger partial charge in [0.1, 0.15) is 32.0 Å². The number of piperazine rings is 1. The number of halogens is 1. The van der Waals surface area contributed by atoms with Crippen LogP contribution < -0.4 is 9.80 Å². The number of benzene rings is 1. The van der Waals surface area contributed by atoms with E-state index in [2.05, 4.69) is 15.5 Å². The predicted octanol–water partition coefficient (Wildman–Crippen LogP) is -0.336. The molecular weight excluding hydrogens is 371 g/mol. The summed E-state index contributed by atoms with van der Waals surface area (Å²) in [5, 5.41) is 12.4. The molecule has 1 atom stereocenters. The summed E-state index contributed by atoms with van der Waals surface area (Å²) in [5.41, 5.74) is 0.678. The Labute approximate surface area is 171 Å². The maximum absolute atomic E-state index is 14.8. The fourth-order valence-electron chi connectivity index (χ4n) is 5.11. The lowest BCUT2D eigenvalue weighted by Gasteiger charge is -2.38. The molecule has 0 unspecified atom stereocenters. The summed E-state index contributed by atoms with van der Waals surface area (Å²) in [6, 6.07) is 7.67. The van der Waals surface area contributed by atoms with Crippen molar-refractivity contribution >= 4 is 0 Å². The van der Waals surface area contributed by atoms with E-state index in [1.165, 1.54) is 43.1 Å². The summed E-state index contributed by atoms with van der Waals surface area (Å²) >= 11 is 0. The van der Waals surface area contributed by atoms with E-state index in [1.807, 2.05) is 12.1 Å². The number of nitrogens with one attached hydrogen (secondary N) is 2. The molecule has 158 valence electrons. The van der Waals surface area contributed by atoms with Crippen LogP contribution in [0.3, 0.4) is 0 Å². The Morgan fingerprint density at radius 2 is 1.90 bits per heavy atom. The zero-order valence-corrected chi connectivity index (χ0v) is 17.3. The van der Waals surface area contributed by atoms with Crippen molar-refractivity contribution in [1.82, 2.24) is 20.2 Å². The van der Waals surface area contributed by atoms with Crippen molar-refractivity contribution in [2.45, 2.75) is 50.7 Å². The first kappa shape index (κ1) is 20.4. The Hall–Kier alpha value is -1.90. The molecule has 1 saturated carbocycles. The molecule has 1 aromatic heterocycles. The van der Waals surface area contributed by atoms with Crippen molar-refractivity contribution in [3.05, 3.63) is 41.5 Å². The molecule has 7 nitrogen and oxygen atoms in total. The average molecular weight is 405 g/mol. The number of hydrogen-bond donors (Lipinski definition) is 2. The van der Waals surface area contributed by atoms with Gasteiger partial charge in [0, 0.05) is 7.11 Å². The summed E-state index contributed by atoms with van der Waals surface area (Å²) in [6.07, 6.45) is 6.85. The zero-order valence-electron chi connectivity index (χ0n) is 17.3. The Kier molecular flexibility index (Phi) is 6.84. The van der Waals surface area contributed by atoms with E-state index in [1.54, 1.807) is 22.8 Å². The molecule has 2 aliphatic rings. The smallest absolute Gasteiger partial charge is 0.214 e. The molecule has 29 heavy (non-hydrogen) atoms. The van der Waals surface area contributed by atoms with E-state index in [0.29, 0.717) is 18.7 Å². The number of rotatable bonds is 7. The van der Waals surface area contributed by atoms with Gasteiger partial charge in [0.25, 0.3) is 0 Å². The van der Waals surface area contributed by atoms with E-state index in [0.717, 1.165) is 38.0 Å². The lowest BCUT2D eigenvalue weighted by molar-refractivity contribution is -1.03. The minimum atomic E-state index is -0.198. The standard InChI is InChI=1S/C21H31FN6O/c1-29-16-15-28-21(23-24-25-28)20(18-9-5-6-10-19(18)22)27-13-11-26(12-14-27)17-7-3-2-4-8-17/h5-6,9-10,17,20H,2-4,7-8,11-16H2,1H3/p+2/t20-/m1/s1. The second-order valence-electron chi connectivity index (χ2n) is 8.36. The largest absolute Gasteiger partial charge is 0.383 e. The van der Waals surface area contributed by atoms with Gasteiger partial charge in [-0.2, -0.15) is 0 Å². The third kappa shape index (κ3) is 4.65.